The summed E-state index contributed by atoms with van der Waals surface area (Å²) in [7, 11) is -3.44. The number of aromatic nitrogens is 1. The van der Waals surface area contributed by atoms with Crippen LogP contribution in [0.2, 0.25) is 5.02 Å². The Hall–Kier alpha value is -2.37. The Bertz CT molecular complexity index is 1320. The van der Waals surface area contributed by atoms with E-state index in [2.05, 4.69) is 0 Å². The minimum absolute atomic E-state index is 0.160. The van der Waals surface area contributed by atoms with Crippen LogP contribution in [0.4, 0.5) is 0 Å². The molecule has 2 aromatic carbocycles. The van der Waals surface area contributed by atoms with Gasteiger partial charge in [0.15, 0.2) is 6.35 Å². The van der Waals surface area contributed by atoms with E-state index in [1.54, 1.807) is 12.1 Å². The lowest BCUT2D eigenvalue weighted by molar-refractivity contribution is 0.0725. The number of aryl methyl sites for hydroxylation is 2. The number of hydrogen-bond acceptors (Lipinski definition) is 6. The molecule has 2 unspecified atom stereocenters. The molecule has 0 spiro atoms. The van der Waals surface area contributed by atoms with E-state index in [1.165, 1.54) is 24.8 Å². The number of rotatable bonds is 7. The highest BCUT2D eigenvalue weighted by Gasteiger charge is 2.35. The van der Waals surface area contributed by atoms with Gasteiger partial charge in [0.25, 0.3) is 0 Å². The lowest BCUT2D eigenvalue weighted by Crippen LogP contribution is -2.17. The summed E-state index contributed by atoms with van der Waals surface area (Å²) < 4.78 is 30.7. The summed E-state index contributed by atoms with van der Waals surface area (Å²) in [6, 6.07) is 15.0. The zero-order chi connectivity index (χ0) is 26.7. The van der Waals surface area contributed by atoms with Crippen molar-refractivity contribution in [2.24, 2.45) is 0 Å². The van der Waals surface area contributed by atoms with Gasteiger partial charge in [-0.2, -0.15) is 0 Å². The largest absolute Gasteiger partial charge is 0.506 e. The molecule has 2 fully saturated rings. The molecule has 38 heavy (non-hydrogen) atoms. The number of nitrogens with zero attached hydrogens (tertiary/aromatic N) is 1. The Morgan fingerprint density at radius 1 is 1.05 bits per heavy atom. The van der Waals surface area contributed by atoms with Crippen LogP contribution in [-0.2, 0) is 20.0 Å². The average molecular weight is 556 g/mol. The van der Waals surface area contributed by atoms with Gasteiger partial charge in [0.1, 0.15) is 11.5 Å². The van der Waals surface area contributed by atoms with E-state index in [4.69, 9.17) is 30.4 Å². The Morgan fingerprint density at radius 3 is 2.55 bits per heavy atom. The minimum Gasteiger partial charge on any atom is -0.506 e. The summed E-state index contributed by atoms with van der Waals surface area (Å²) in [6.07, 6.45) is 6.59. The molecule has 6 nitrogen and oxygen atoms in total. The molecule has 3 aromatic rings. The first-order valence-electron chi connectivity index (χ1n) is 13.4. The van der Waals surface area contributed by atoms with Crippen molar-refractivity contribution in [3.63, 3.8) is 0 Å². The lowest BCUT2D eigenvalue weighted by Gasteiger charge is -2.30. The fraction of sp³-hybridized carbons (Fsp3) is 0.433. The fourth-order valence-electron chi connectivity index (χ4n) is 5.51. The zero-order valence-corrected chi connectivity index (χ0v) is 23.6. The summed E-state index contributed by atoms with van der Waals surface area (Å²) in [4.78, 5) is 4.88. The number of benzene rings is 2. The molecular weight excluding hydrogens is 521 g/mol. The predicted octanol–water partition coefficient (Wildman–Crippen LogP) is 8.40. The van der Waals surface area contributed by atoms with Crippen LogP contribution >= 0.6 is 19.2 Å². The number of hydrogen-bond donors (Lipinski definition) is 1. The number of aromatic hydroxyl groups is 1. The molecule has 5 rings (SSSR count). The molecule has 0 amide bonds. The Kier molecular flexibility index (Phi) is 8.44. The van der Waals surface area contributed by atoms with Crippen LogP contribution in [0, 0.1) is 13.8 Å². The van der Waals surface area contributed by atoms with E-state index in [0.29, 0.717) is 41.9 Å². The van der Waals surface area contributed by atoms with E-state index >= 15 is 0 Å². The van der Waals surface area contributed by atoms with E-state index in [1.807, 2.05) is 50.2 Å². The average Bonchev–Trinajstić information content (AvgIpc) is 2.91. The van der Waals surface area contributed by atoms with Crippen molar-refractivity contribution in [3.8, 4) is 11.5 Å². The molecule has 1 saturated heterocycles. The summed E-state index contributed by atoms with van der Waals surface area (Å²) in [5.74, 6) is 1.27. The van der Waals surface area contributed by atoms with Crippen LogP contribution in [0.3, 0.4) is 0 Å². The molecule has 1 aliphatic carbocycles. The summed E-state index contributed by atoms with van der Waals surface area (Å²) in [5.41, 5.74) is 5.97. The third kappa shape index (κ3) is 6.43. The van der Waals surface area contributed by atoms with E-state index in [0.717, 1.165) is 40.9 Å². The minimum atomic E-state index is -3.44. The van der Waals surface area contributed by atoms with Gasteiger partial charge in [-0.15, -0.1) is 0 Å². The molecule has 8 heteroatoms. The summed E-state index contributed by atoms with van der Waals surface area (Å²) >= 11 is 6.12. The van der Waals surface area contributed by atoms with Gasteiger partial charge in [-0.25, -0.2) is 0 Å². The van der Waals surface area contributed by atoms with Gasteiger partial charge < -0.3 is 14.4 Å². The quantitative estimate of drug-likeness (QED) is 0.295. The topological polar surface area (TPSA) is 77.9 Å². The fourth-order valence-corrected chi connectivity index (χ4v) is 7.21. The Labute approximate surface area is 229 Å². The van der Waals surface area contributed by atoms with Crippen molar-refractivity contribution < 1.29 is 23.5 Å². The van der Waals surface area contributed by atoms with Gasteiger partial charge in [0.05, 0.1) is 18.4 Å². The van der Waals surface area contributed by atoms with Crippen LogP contribution in [0.15, 0.2) is 48.5 Å². The third-order valence-electron chi connectivity index (χ3n) is 7.55. The standard InChI is InChI=1S/C30H35ClNO5P/c1-20-15-26(35-19-38(34)36-14-13-29(37-38)23-9-6-10-24(31)17-23)16-21(2)27(20)18-25-11-12-28(33)30(32-25)22-7-4-3-5-8-22/h6,9-12,15-17,22,29,33H,3-5,7-8,13-14,18-19H2,1-2H3. The van der Waals surface area contributed by atoms with Crippen LogP contribution < -0.4 is 4.74 Å². The molecule has 1 N–H and O–H groups in total. The number of pyridine rings is 1. The second-order valence-electron chi connectivity index (χ2n) is 10.4. The van der Waals surface area contributed by atoms with Gasteiger partial charge >= 0.3 is 7.60 Å². The molecule has 202 valence electrons. The van der Waals surface area contributed by atoms with Crippen molar-refractivity contribution in [3.05, 3.63) is 87.2 Å². The SMILES string of the molecule is Cc1cc(OCP2(=O)OCCC(c3cccc(Cl)c3)O2)cc(C)c1Cc1ccc(O)c(C2CCCCC2)n1. The maximum Gasteiger partial charge on any atom is 0.368 e. The van der Waals surface area contributed by atoms with Crippen molar-refractivity contribution in [1.82, 2.24) is 4.98 Å². The van der Waals surface area contributed by atoms with Crippen molar-refractivity contribution in [2.45, 2.75) is 70.8 Å². The highest BCUT2D eigenvalue weighted by molar-refractivity contribution is 7.53. The van der Waals surface area contributed by atoms with E-state index in [-0.39, 0.29) is 12.5 Å². The monoisotopic (exact) mass is 555 g/mol. The first kappa shape index (κ1) is 27.2. The normalized spacial score (nSPS) is 22.3. The molecule has 2 heterocycles. The van der Waals surface area contributed by atoms with Gasteiger partial charge in [-0.1, -0.05) is 43.0 Å². The van der Waals surface area contributed by atoms with E-state index in [9.17, 15) is 9.67 Å². The van der Waals surface area contributed by atoms with Crippen molar-refractivity contribution in [2.75, 3.05) is 13.0 Å². The van der Waals surface area contributed by atoms with Crippen LogP contribution in [0.5, 0.6) is 11.5 Å². The first-order chi connectivity index (χ1) is 18.3. The highest BCUT2D eigenvalue weighted by Crippen LogP contribution is 2.56. The first-order valence-corrected chi connectivity index (χ1v) is 15.5. The summed E-state index contributed by atoms with van der Waals surface area (Å²) in [6.45, 7) is 4.42. The van der Waals surface area contributed by atoms with Crippen molar-refractivity contribution in [1.29, 1.82) is 0 Å². The highest BCUT2D eigenvalue weighted by atomic mass is 35.5. The molecule has 1 saturated carbocycles. The Morgan fingerprint density at radius 2 is 1.82 bits per heavy atom. The smallest absolute Gasteiger partial charge is 0.368 e. The van der Waals surface area contributed by atoms with Crippen molar-refractivity contribution >= 4 is 19.2 Å². The molecule has 1 aliphatic heterocycles. The second kappa shape index (κ2) is 11.8. The molecule has 1 aromatic heterocycles. The summed E-state index contributed by atoms with van der Waals surface area (Å²) in [5, 5.41) is 11.1. The zero-order valence-electron chi connectivity index (χ0n) is 22.0. The van der Waals surface area contributed by atoms with Crippen LogP contribution in [0.25, 0.3) is 0 Å². The molecule has 2 aliphatic rings. The second-order valence-corrected chi connectivity index (χ2v) is 12.8. The maximum atomic E-state index is 13.3. The van der Waals surface area contributed by atoms with E-state index < -0.39 is 7.60 Å². The van der Waals surface area contributed by atoms with Crippen LogP contribution in [-0.4, -0.2) is 23.0 Å². The third-order valence-corrected chi connectivity index (χ3v) is 9.38. The van der Waals surface area contributed by atoms with Gasteiger partial charge in [0.2, 0.25) is 0 Å². The lowest BCUT2D eigenvalue weighted by atomic mass is 9.86. The van der Waals surface area contributed by atoms with Gasteiger partial charge in [-0.05, 0) is 85.3 Å². The maximum absolute atomic E-state index is 13.3. The Balaban J connectivity index is 1.26. The predicted molar refractivity (Wildman–Crippen MR) is 149 cm³/mol. The van der Waals surface area contributed by atoms with Crippen LogP contribution in [0.1, 0.15) is 84.2 Å². The van der Waals surface area contributed by atoms with Gasteiger partial charge in [0, 0.05) is 29.5 Å². The van der Waals surface area contributed by atoms with Gasteiger partial charge in [-0.3, -0.25) is 14.1 Å². The molecular formula is C30H35ClNO5P. The number of ether oxygens (including phenoxy) is 1. The molecule has 0 radical (unpaired) electrons. The molecule has 0 bridgehead atoms. The number of halogens is 1. The molecule has 2 atom stereocenters.